The number of nitrogens with two attached hydrogens (primary N) is 1. The standard InChI is InChI=1S/C19H26N6O3/c1-14(15-6-4-3-5-7-15)12-28-13-16(26)24-8-10-25(11-9-24)19(27)17-18(20)23(2)22-21-17/h3-7,14H,8-13,20H2,1-2H3. The first-order valence-corrected chi connectivity index (χ1v) is 9.32. The first-order valence-electron chi connectivity index (χ1n) is 9.32. The summed E-state index contributed by atoms with van der Waals surface area (Å²) in [6, 6.07) is 10.1. The highest BCUT2D eigenvalue weighted by atomic mass is 16.5. The molecule has 28 heavy (non-hydrogen) atoms. The fraction of sp³-hybridized carbons (Fsp3) is 0.474. The minimum atomic E-state index is -0.259. The Labute approximate surface area is 164 Å². The van der Waals surface area contributed by atoms with Gasteiger partial charge in [-0.15, -0.1) is 5.10 Å². The van der Waals surface area contributed by atoms with Crippen molar-refractivity contribution in [2.75, 3.05) is 45.1 Å². The van der Waals surface area contributed by atoms with Crippen LogP contribution in [0.1, 0.15) is 28.9 Å². The van der Waals surface area contributed by atoms with Crippen molar-refractivity contribution in [3.63, 3.8) is 0 Å². The second-order valence-electron chi connectivity index (χ2n) is 6.95. The number of rotatable bonds is 6. The van der Waals surface area contributed by atoms with Gasteiger partial charge < -0.3 is 20.3 Å². The Morgan fingerprint density at radius 2 is 1.79 bits per heavy atom. The fourth-order valence-electron chi connectivity index (χ4n) is 3.12. The molecule has 0 saturated carbocycles. The molecule has 1 aromatic heterocycles. The van der Waals surface area contributed by atoms with Crippen LogP contribution in [0.15, 0.2) is 30.3 Å². The number of nitrogen functional groups attached to an aromatic ring is 1. The van der Waals surface area contributed by atoms with Crippen molar-refractivity contribution in [3.05, 3.63) is 41.6 Å². The number of hydrogen-bond acceptors (Lipinski definition) is 6. The number of anilines is 1. The third-order valence-corrected chi connectivity index (χ3v) is 4.95. The van der Waals surface area contributed by atoms with E-state index in [1.807, 2.05) is 18.2 Å². The van der Waals surface area contributed by atoms with Gasteiger partial charge in [0.05, 0.1) is 6.61 Å². The van der Waals surface area contributed by atoms with Crippen LogP contribution in [-0.4, -0.2) is 76.0 Å². The van der Waals surface area contributed by atoms with Gasteiger partial charge in [-0.3, -0.25) is 9.59 Å². The zero-order valence-corrected chi connectivity index (χ0v) is 16.2. The summed E-state index contributed by atoms with van der Waals surface area (Å²) in [5.41, 5.74) is 7.16. The van der Waals surface area contributed by atoms with Crippen LogP contribution in [0, 0.1) is 0 Å². The van der Waals surface area contributed by atoms with Gasteiger partial charge in [-0.1, -0.05) is 42.5 Å². The topological polar surface area (TPSA) is 107 Å². The number of piperazine rings is 1. The van der Waals surface area contributed by atoms with Gasteiger partial charge in [0.25, 0.3) is 5.91 Å². The zero-order valence-electron chi connectivity index (χ0n) is 16.2. The average Bonchev–Trinajstić information content (AvgIpc) is 3.06. The minimum Gasteiger partial charge on any atom is -0.382 e. The molecule has 2 aromatic rings. The Bertz CT molecular complexity index is 814. The molecule has 0 aliphatic carbocycles. The van der Waals surface area contributed by atoms with Crippen molar-refractivity contribution in [2.45, 2.75) is 12.8 Å². The van der Waals surface area contributed by atoms with Gasteiger partial charge in [0.15, 0.2) is 11.5 Å². The second-order valence-corrected chi connectivity index (χ2v) is 6.95. The first-order chi connectivity index (χ1) is 13.5. The molecule has 1 unspecified atom stereocenters. The van der Waals surface area contributed by atoms with Gasteiger partial charge in [0.2, 0.25) is 5.91 Å². The third kappa shape index (κ3) is 4.48. The minimum absolute atomic E-state index is 0.0439. The van der Waals surface area contributed by atoms with Crippen LogP contribution in [0.3, 0.4) is 0 Å². The number of amides is 2. The van der Waals surface area contributed by atoms with Gasteiger partial charge in [0, 0.05) is 39.1 Å². The molecule has 2 N–H and O–H groups in total. The number of aromatic nitrogens is 3. The summed E-state index contributed by atoms with van der Waals surface area (Å²) in [4.78, 5) is 28.2. The summed E-state index contributed by atoms with van der Waals surface area (Å²) < 4.78 is 6.98. The summed E-state index contributed by atoms with van der Waals surface area (Å²) in [5, 5.41) is 7.58. The molecule has 1 aromatic carbocycles. The van der Waals surface area contributed by atoms with E-state index in [-0.39, 0.29) is 35.9 Å². The predicted molar refractivity (Wildman–Crippen MR) is 104 cm³/mol. The quantitative estimate of drug-likeness (QED) is 0.775. The van der Waals surface area contributed by atoms with E-state index >= 15 is 0 Å². The van der Waals surface area contributed by atoms with Crippen LogP contribution in [0.2, 0.25) is 0 Å². The van der Waals surface area contributed by atoms with Gasteiger partial charge in [0.1, 0.15) is 6.61 Å². The molecule has 9 heteroatoms. The maximum Gasteiger partial charge on any atom is 0.278 e. The lowest BCUT2D eigenvalue weighted by Crippen LogP contribution is -2.51. The van der Waals surface area contributed by atoms with Crippen LogP contribution in [0.5, 0.6) is 0 Å². The molecule has 0 radical (unpaired) electrons. The summed E-state index contributed by atoms with van der Waals surface area (Å²) >= 11 is 0. The van der Waals surface area contributed by atoms with Crippen molar-refractivity contribution in [1.82, 2.24) is 24.8 Å². The maximum atomic E-state index is 12.5. The maximum absolute atomic E-state index is 12.5. The monoisotopic (exact) mass is 386 g/mol. The Morgan fingerprint density at radius 3 is 2.39 bits per heavy atom. The van der Waals surface area contributed by atoms with Crippen molar-refractivity contribution >= 4 is 17.6 Å². The number of carbonyl (C=O) groups is 2. The lowest BCUT2D eigenvalue weighted by molar-refractivity contribution is -0.137. The molecule has 0 bridgehead atoms. The molecule has 1 aliphatic heterocycles. The number of hydrogen-bond donors (Lipinski definition) is 1. The summed E-state index contributed by atoms with van der Waals surface area (Å²) in [6.45, 7) is 4.39. The number of ether oxygens (including phenoxy) is 1. The molecule has 1 fully saturated rings. The SMILES string of the molecule is CC(COCC(=O)N1CCN(C(=O)c2nnn(C)c2N)CC1)c1ccccc1. The predicted octanol–water partition coefficient (Wildman–Crippen LogP) is 0.502. The zero-order chi connectivity index (χ0) is 20.1. The van der Waals surface area contributed by atoms with Crippen molar-refractivity contribution < 1.29 is 14.3 Å². The molecule has 9 nitrogen and oxygen atoms in total. The van der Waals surface area contributed by atoms with E-state index < -0.39 is 0 Å². The number of carbonyl (C=O) groups excluding carboxylic acids is 2. The van der Waals surface area contributed by atoms with Crippen molar-refractivity contribution in [3.8, 4) is 0 Å². The van der Waals surface area contributed by atoms with E-state index in [2.05, 4.69) is 29.4 Å². The molecular formula is C19H26N6O3. The van der Waals surface area contributed by atoms with E-state index in [4.69, 9.17) is 10.5 Å². The van der Waals surface area contributed by atoms with Crippen LogP contribution >= 0.6 is 0 Å². The van der Waals surface area contributed by atoms with Crippen molar-refractivity contribution in [1.29, 1.82) is 0 Å². The Hall–Kier alpha value is -2.94. The molecule has 2 heterocycles. The van der Waals surface area contributed by atoms with Gasteiger partial charge >= 0.3 is 0 Å². The largest absolute Gasteiger partial charge is 0.382 e. The Balaban J connectivity index is 1.42. The molecule has 3 rings (SSSR count). The normalized spacial score (nSPS) is 15.5. The third-order valence-electron chi connectivity index (χ3n) is 4.95. The lowest BCUT2D eigenvalue weighted by Gasteiger charge is -2.34. The highest BCUT2D eigenvalue weighted by Gasteiger charge is 2.28. The van der Waals surface area contributed by atoms with Gasteiger partial charge in [-0.05, 0) is 5.56 Å². The van der Waals surface area contributed by atoms with E-state index in [1.54, 1.807) is 16.8 Å². The van der Waals surface area contributed by atoms with E-state index in [0.717, 1.165) is 0 Å². The Kier molecular flexibility index (Phi) is 6.25. The molecule has 150 valence electrons. The summed E-state index contributed by atoms with van der Waals surface area (Å²) in [7, 11) is 1.63. The summed E-state index contributed by atoms with van der Waals surface area (Å²) in [6.07, 6.45) is 0. The van der Waals surface area contributed by atoms with Gasteiger partial charge in [-0.25, -0.2) is 4.68 Å². The number of aryl methyl sites for hydroxylation is 1. The second kappa shape index (κ2) is 8.83. The molecule has 1 aliphatic rings. The van der Waals surface area contributed by atoms with E-state index in [1.165, 1.54) is 10.2 Å². The van der Waals surface area contributed by atoms with Crippen molar-refractivity contribution in [2.24, 2.45) is 7.05 Å². The number of benzene rings is 1. The highest BCUT2D eigenvalue weighted by molar-refractivity contribution is 5.96. The van der Waals surface area contributed by atoms with Gasteiger partial charge in [-0.2, -0.15) is 0 Å². The first kappa shape index (κ1) is 19.8. The highest BCUT2D eigenvalue weighted by Crippen LogP contribution is 2.15. The molecule has 0 spiro atoms. The molecular weight excluding hydrogens is 360 g/mol. The lowest BCUT2D eigenvalue weighted by atomic mass is 10.0. The average molecular weight is 386 g/mol. The summed E-state index contributed by atoms with van der Waals surface area (Å²) in [5.74, 6) is 0.141. The van der Waals surface area contributed by atoms with E-state index in [9.17, 15) is 9.59 Å². The van der Waals surface area contributed by atoms with Crippen LogP contribution in [-0.2, 0) is 16.6 Å². The molecule has 2 amide bonds. The smallest absolute Gasteiger partial charge is 0.278 e. The molecule has 1 saturated heterocycles. The number of nitrogens with zero attached hydrogens (tertiary/aromatic N) is 5. The molecule has 1 atom stereocenters. The van der Waals surface area contributed by atoms with Crippen LogP contribution < -0.4 is 5.73 Å². The van der Waals surface area contributed by atoms with Crippen LogP contribution in [0.25, 0.3) is 0 Å². The Morgan fingerprint density at radius 1 is 1.14 bits per heavy atom. The van der Waals surface area contributed by atoms with E-state index in [0.29, 0.717) is 32.8 Å². The fourth-order valence-corrected chi connectivity index (χ4v) is 3.12. The van der Waals surface area contributed by atoms with Crippen LogP contribution in [0.4, 0.5) is 5.82 Å².